The van der Waals surface area contributed by atoms with Crippen molar-refractivity contribution in [3.63, 3.8) is 0 Å². The first-order chi connectivity index (χ1) is 13.1. The number of hydrogen-bond acceptors (Lipinski definition) is 1. The van der Waals surface area contributed by atoms with Crippen LogP contribution in [-0.2, 0) is 0 Å². The molecule has 2 aliphatic carbocycles. The third-order valence-corrected chi connectivity index (χ3v) is 7.11. The Hall–Kier alpha value is -1.64. The van der Waals surface area contributed by atoms with Crippen molar-refractivity contribution in [1.29, 1.82) is 0 Å². The molecule has 0 heterocycles. The van der Waals surface area contributed by atoms with E-state index in [-0.39, 0.29) is 17.5 Å². The summed E-state index contributed by atoms with van der Waals surface area (Å²) < 4.78 is 34.4. The Morgan fingerprint density at radius 1 is 1.00 bits per heavy atom. The van der Waals surface area contributed by atoms with Crippen LogP contribution < -0.4 is 4.74 Å². The van der Waals surface area contributed by atoms with Gasteiger partial charge < -0.3 is 4.74 Å². The highest BCUT2D eigenvalue weighted by Gasteiger charge is 2.36. The molecule has 0 bridgehead atoms. The molecule has 0 saturated heterocycles. The van der Waals surface area contributed by atoms with E-state index < -0.39 is 5.82 Å². The monoisotopic (exact) mass is 372 g/mol. The summed E-state index contributed by atoms with van der Waals surface area (Å²) in [6.07, 6.45) is 10.0. The molecule has 3 heteroatoms. The van der Waals surface area contributed by atoms with Crippen molar-refractivity contribution in [2.45, 2.75) is 64.2 Å². The number of ether oxygens (including phenoxy) is 1. The lowest BCUT2D eigenvalue weighted by molar-refractivity contribution is 0.113. The summed E-state index contributed by atoms with van der Waals surface area (Å²) in [6, 6.07) is 6.71. The van der Waals surface area contributed by atoms with Gasteiger partial charge in [-0.1, -0.05) is 38.3 Å². The van der Waals surface area contributed by atoms with Crippen LogP contribution in [0.15, 0.2) is 24.3 Å². The van der Waals surface area contributed by atoms with E-state index in [0.717, 1.165) is 36.2 Å². The first-order valence-electron chi connectivity index (χ1n) is 10.6. The van der Waals surface area contributed by atoms with E-state index in [1.807, 2.05) is 12.1 Å². The minimum Gasteiger partial charge on any atom is -0.494 e. The van der Waals surface area contributed by atoms with Gasteiger partial charge in [0.05, 0.1) is 7.11 Å². The van der Waals surface area contributed by atoms with Crippen LogP contribution in [0.25, 0.3) is 10.8 Å². The standard InChI is InChI=1S/C24H30F2O/c1-3-4-15-5-6-17-12-18(8-7-16(17)11-15)20-10-9-19-13-23(27-2)22(25)14-21(19)24(20)26/h9-10,13-18H,3-8,11-12H2,1-2H3/t15?,16-,17?,18-/m1/s1. The smallest absolute Gasteiger partial charge is 0.165 e. The van der Waals surface area contributed by atoms with Crippen molar-refractivity contribution in [1.82, 2.24) is 0 Å². The van der Waals surface area contributed by atoms with Crippen LogP contribution >= 0.6 is 0 Å². The average Bonchev–Trinajstić information content (AvgIpc) is 2.68. The van der Waals surface area contributed by atoms with Crippen molar-refractivity contribution in [3.8, 4) is 5.75 Å². The Balaban J connectivity index is 1.56. The molecule has 2 aromatic carbocycles. The SMILES string of the molecule is CCCC1CCC2C[C@H](c3ccc4cc(OC)c(F)cc4c3F)CC[C@@H]2C1. The molecule has 0 spiro atoms. The minimum atomic E-state index is -0.501. The highest BCUT2D eigenvalue weighted by atomic mass is 19.1. The molecule has 0 N–H and O–H groups in total. The van der Waals surface area contributed by atoms with E-state index in [0.29, 0.717) is 10.8 Å². The summed E-state index contributed by atoms with van der Waals surface area (Å²) in [6.45, 7) is 2.28. The van der Waals surface area contributed by atoms with E-state index in [1.165, 1.54) is 51.7 Å². The van der Waals surface area contributed by atoms with E-state index in [2.05, 4.69) is 6.92 Å². The number of hydrogen-bond donors (Lipinski definition) is 0. The molecule has 2 saturated carbocycles. The number of benzene rings is 2. The first-order valence-corrected chi connectivity index (χ1v) is 10.6. The van der Waals surface area contributed by atoms with Gasteiger partial charge in [0.2, 0.25) is 0 Å². The van der Waals surface area contributed by atoms with Crippen LogP contribution in [0.5, 0.6) is 5.75 Å². The van der Waals surface area contributed by atoms with Gasteiger partial charge in [0.25, 0.3) is 0 Å². The van der Waals surface area contributed by atoms with Crippen molar-refractivity contribution in [2.75, 3.05) is 7.11 Å². The molecular formula is C24H30F2O. The molecule has 0 aliphatic heterocycles. The van der Waals surface area contributed by atoms with Gasteiger partial charge in [0.15, 0.2) is 11.6 Å². The lowest BCUT2D eigenvalue weighted by atomic mass is 9.63. The molecule has 27 heavy (non-hydrogen) atoms. The molecule has 0 radical (unpaired) electrons. The largest absolute Gasteiger partial charge is 0.494 e. The average molecular weight is 372 g/mol. The van der Waals surface area contributed by atoms with E-state index in [1.54, 1.807) is 6.07 Å². The van der Waals surface area contributed by atoms with Gasteiger partial charge in [-0.15, -0.1) is 0 Å². The van der Waals surface area contributed by atoms with Crippen LogP contribution in [0.4, 0.5) is 8.78 Å². The fourth-order valence-electron chi connectivity index (χ4n) is 5.72. The highest BCUT2D eigenvalue weighted by Crippen LogP contribution is 2.49. The van der Waals surface area contributed by atoms with Crippen LogP contribution in [0, 0.1) is 29.4 Å². The van der Waals surface area contributed by atoms with Crippen LogP contribution in [0.1, 0.15) is 69.8 Å². The Bertz CT molecular complexity index is 816. The van der Waals surface area contributed by atoms with Gasteiger partial charge in [-0.3, -0.25) is 0 Å². The van der Waals surface area contributed by atoms with Crippen LogP contribution in [0.2, 0.25) is 0 Å². The molecule has 2 aromatic rings. The lowest BCUT2D eigenvalue weighted by Crippen LogP contribution is -2.30. The highest BCUT2D eigenvalue weighted by molar-refractivity contribution is 5.85. The molecule has 1 nitrogen and oxygen atoms in total. The zero-order valence-corrected chi connectivity index (χ0v) is 16.4. The number of methoxy groups -OCH3 is 1. The van der Waals surface area contributed by atoms with Gasteiger partial charge in [-0.25, -0.2) is 8.78 Å². The Kier molecular flexibility index (Phi) is 5.39. The predicted molar refractivity (Wildman–Crippen MR) is 106 cm³/mol. The first kappa shape index (κ1) is 18.7. The molecule has 2 unspecified atom stereocenters. The predicted octanol–water partition coefficient (Wildman–Crippen LogP) is 7.23. The van der Waals surface area contributed by atoms with Crippen molar-refractivity contribution < 1.29 is 13.5 Å². The third-order valence-electron chi connectivity index (χ3n) is 7.11. The normalized spacial score (nSPS) is 28.1. The number of halogens is 2. The van der Waals surface area contributed by atoms with E-state index >= 15 is 4.39 Å². The van der Waals surface area contributed by atoms with Gasteiger partial charge in [-0.2, -0.15) is 0 Å². The van der Waals surface area contributed by atoms with E-state index in [9.17, 15) is 4.39 Å². The maximum atomic E-state index is 15.2. The van der Waals surface area contributed by atoms with E-state index in [4.69, 9.17) is 4.74 Å². The minimum absolute atomic E-state index is 0.166. The van der Waals surface area contributed by atoms with Gasteiger partial charge in [0.1, 0.15) is 5.82 Å². The summed E-state index contributed by atoms with van der Waals surface area (Å²) >= 11 is 0. The Morgan fingerprint density at radius 2 is 1.78 bits per heavy atom. The molecule has 4 rings (SSSR count). The molecule has 2 fully saturated rings. The fourth-order valence-corrected chi connectivity index (χ4v) is 5.72. The van der Waals surface area contributed by atoms with Crippen molar-refractivity contribution >= 4 is 10.8 Å². The summed E-state index contributed by atoms with van der Waals surface area (Å²) in [4.78, 5) is 0. The zero-order valence-electron chi connectivity index (χ0n) is 16.4. The molecule has 0 amide bonds. The van der Waals surface area contributed by atoms with Gasteiger partial charge in [0, 0.05) is 5.39 Å². The molecule has 4 atom stereocenters. The second-order valence-electron chi connectivity index (χ2n) is 8.67. The third kappa shape index (κ3) is 3.58. The quantitative estimate of drug-likeness (QED) is 0.550. The summed E-state index contributed by atoms with van der Waals surface area (Å²) in [5, 5.41) is 1.07. The molecule has 146 valence electrons. The Morgan fingerprint density at radius 3 is 2.56 bits per heavy atom. The summed E-state index contributed by atoms with van der Waals surface area (Å²) in [5.74, 6) is 2.17. The van der Waals surface area contributed by atoms with Crippen LogP contribution in [-0.4, -0.2) is 7.11 Å². The fraction of sp³-hybridized carbons (Fsp3) is 0.583. The molecule has 2 aliphatic rings. The van der Waals surface area contributed by atoms with Crippen molar-refractivity contribution in [3.05, 3.63) is 41.5 Å². The maximum absolute atomic E-state index is 15.2. The van der Waals surface area contributed by atoms with Crippen LogP contribution in [0.3, 0.4) is 0 Å². The van der Waals surface area contributed by atoms with Gasteiger partial charge in [-0.05, 0) is 78.9 Å². The lowest BCUT2D eigenvalue weighted by Gasteiger charge is -2.42. The van der Waals surface area contributed by atoms with Gasteiger partial charge >= 0.3 is 0 Å². The molecular weight excluding hydrogens is 342 g/mol. The molecule has 0 aromatic heterocycles. The topological polar surface area (TPSA) is 9.23 Å². The summed E-state index contributed by atoms with van der Waals surface area (Å²) in [5.41, 5.74) is 0.779. The second-order valence-corrected chi connectivity index (χ2v) is 8.67. The van der Waals surface area contributed by atoms with Crippen molar-refractivity contribution in [2.24, 2.45) is 17.8 Å². The Labute approximate surface area is 161 Å². The number of fused-ring (bicyclic) bond motifs is 2. The number of rotatable bonds is 4. The maximum Gasteiger partial charge on any atom is 0.165 e. The second kappa shape index (κ2) is 7.77. The summed E-state index contributed by atoms with van der Waals surface area (Å²) in [7, 11) is 1.43. The zero-order chi connectivity index (χ0) is 19.0.